The lowest BCUT2D eigenvalue weighted by atomic mass is 10.1. The van der Waals surface area contributed by atoms with Gasteiger partial charge in [0.05, 0.1) is 6.21 Å². The van der Waals surface area contributed by atoms with Crippen LogP contribution in [-0.2, 0) is 11.3 Å². The van der Waals surface area contributed by atoms with Crippen molar-refractivity contribution in [1.82, 2.24) is 9.99 Å². The van der Waals surface area contributed by atoms with Crippen LogP contribution in [0, 0.1) is 5.82 Å². The van der Waals surface area contributed by atoms with Gasteiger partial charge in [0.2, 0.25) is 5.91 Å². The van der Waals surface area contributed by atoms with Gasteiger partial charge >= 0.3 is 0 Å². The number of hydrogen-bond acceptors (Lipinski definition) is 2. The Balaban J connectivity index is 1.84. The van der Waals surface area contributed by atoms with Crippen LogP contribution in [-0.4, -0.2) is 16.7 Å². The predicted molar refractivity (Wildman–Crippen MR) is 88.9 cm³/mol. The molecule has 1 N–H and O–H groups in total. The van der Waals surface area contributed by atoms with E-state index in [1.165, 1.54) is 13.0 Å². The average molecular weight is 309 g/mol. The van der Waals surface area contributed by atoms with E-state index in [0.29, 0.717) is 6.54 Å². The Bertz CT molecular complexity index is 883. The van der Waals surface area contributed by atoms with Gasteiger partial charge in [-0.3, -0.25) is 4.79 Å². The van der Waals surface area contributed by atoms with Gasteiger partial charge in [0.15, 0.2) is 0 Å². The highest BCUT2D eigenvalue weighted by Crippen LogP contribution is 2.18. The molecule has 1 amide bonds. The summed E-state index contributed by atoms with van der Waals surface area (Å²) in [4.78, 5) is 10.8. The van der Waals surface area contributed by atoms with Crippen LogP contribution in [0.4, 0.5) is 4.39 Å². The number of carbonyl (C=O) groups excluding carboxylic acids is 1. The Hall–Kier alpha value is -2.95. The third-order valence-electron chi connectivity index (χ3n) is 3.47. The molecule has 3 rings (SSSR count). The number of aromatic nitrogens is 1. The first-order chi connectivity index (χ1) is 11.1. The third kappa shape index (κ3) is 3.63. The number of halogens is 1. The number of carbonyl (C=O) groups is 1. The molecule has 0 fully saturated rings. The zero-order chi connectivity index (χ0) is 16.2. The van der Waals surface area contributed by atoms with Crippen LogP contribution < -0.4 is 5.43 Å². The van der Waals surface area contributed by atoms with Crippen molar-refractivity contribution in [2.24, 2.45) is 5.10 Å². The SMILES string of the molecule is CC(=O)N/N=C/c1ccc2c(ccn2Cc2cccc(F)c2)c1. The highest BCUT2D eigenvalue weighted by molar-refractivity contribution is 5.89. The fraction of sp³-hybridized carbons (Fsp3) is 0.111. The van der Waals surface area contributed by atoms with Crippen molar-refractivity contribution in [2.45, 2.75) is 13.5 Å². The van der Waals surface area contributed by atoms with Crippen molar-refractivity contribution in [3.63, 3.8) is 0 Å². The van der Waals surface area contributed by atoms with Crippen LogP contribution >= 0.6 is 0 Å². The predicted octanol–water partition coefficient (Wildman–Crippen LogP) is 3.30. The molecule has 0 atom stereocenters. The first kappa shape index (κ1) is 15.0. The summed E-state index contributed by atoms with van der Waals surface area (Å²) in [5.74, 6) is -0.431. The summed E-state index contributed by atoms with van der Waals surface area (Å²) < 4.78 is 15.4. The summed E-state index contributed by atoms with van der Waals surface area (Å²) in [5, 5.41) is 4.92. The summed E-state index contributed by atoms with van der Waals surface area (Å²) >= 11 is 0. The lowest BCUT2D eigenvalue weighted by molar-refractivity contribution is -0.118. The third-order valence-corrected chi connectivity index (χ3v) is 3.47. The van der Waals surface area contributed by atoms with Crippen LogP contribution in [0.25, 0.3) is 10.9 Å². The molecule has 0 aliphatic carbocycles. The minimum Gasteiger partial charge on any atom is -0.343 e. The molecule has 0 radical (unpaired) electrons. The topological polar surface area (TPSA) is 46.4 Å². The van der Waals surface area contributed by atoms with E-state index in [0.717, 1.165) is 22.0 Å². The Labute approximate surface area is 133 Å². The maximum Gasteiger partial charge on any atom is 0.236 e. The van der Waals surface area contributed by atoms with Gasteiger partial charge in [-0.05, 0) is 41.5 Å². The molecule has 0 aliphatic heterocycles. The Kier molecular flexibility index (Phi) is 4.19. The van der Waals surface area contributed by atoms with Crippen LogP contribution in [0.1, 0.15) is 18.1 Å². The largest absolute Gasteiger partial charge is 0.343 e. The van der Waals surface area contributed by atoms with Crippen LogP contribution in [0.5, 0.6) is 0 Å². The number of nitrogens with zero attached hydrogens (tertiary/aromatic N) is 2. The van der Waals surface area contributed by atoms with E-state index in [1.807, 2.05) is 36.5 Å². The number of hydrazone groups is 1. The second-order valence-corrected chi connectivity index (χ2v) is 5.32. The zero-order valence-corrected chi connectivity index (χ0v) is 12.7. The van der Waals surface area contributed by atoms with Crippen molar-refractivity contribution in [3.8, 4) is 0 Å². The van der Waals surface area contributed by atoms with Gasteiger partial charge in [-0.2, -0.15) is 5.10 Å². The Morgan fingerprint density at radius 3 is 2.91 bits per heavy atom. The molecule has 4 nitrogen and oxygen atoms in total. The summed E-state index contributed by atoms with van der Waals surface area (Å²) in [6.07, 6.45) is 3.58. The molecule has 0 saturated carbocycles. The molecule has 5 heteroatoms. The number of hydrogen-bond donors (Lipinski definition) is 1. The van der Waals surface area contributed by atoms with Crippen LogP contribution in [0.15, 0.2) is 59.8 Å². The van der Waals surface area contributed by atoms with E-state index >= 15 is 0 Å². The normalized spacial score (nSPS) is 11.2. The molecule has 0 spiro atoms. The van der Waals surface area contributed by atoms with Crippen molar-refractivity contribution in [1.29, 1.82) is 0 Å². The van der Waals surface area contributed by atoms with E-state index in [1.54, 1.807) is 18.3 Å². The zero-order valence-electron chi connectivity index (χ0n) is 12.7. The van der Waals surface area contributed by atoms with Gasteiger partial charge in [-0.15, -0.1) is 0 Å². The highest BCUT2D eigenvalue weighted by atomic mass is 19.1. The van der Waals surface area contributed by atoms with E-state index < -0.39 is 0 Å². The molecule has 0 saturated heterocycles. The monoisotopic (exact) mass is 309 g/mol. The maximum atomic E-state index is 13.3. The fourth-order valence-corrected chi connectivity index (χ4v) is 2.47. The van der Waals surface area contributed by atoms with Gasteiger partial charge in [-0.1, -0.05) is 18.2 Å². The van der Waals surface area contributed by atoms with Crippen molar-refractivity contribution in [3.05, 3.63) is 71.7 Å². The Morgan fingerprint density at radius 1 is 1.26 bits per heavy atom. The molecule has 0 aliphatic rings. The number of fused-ring (bicyclic) bond motifs is 1. The fourth-order valence-electron chi connectivity index (χ4n) is 2.47. The van der Waals surface area contributed by atoms with Gasteiger partial charge in [0, 0.05) is 30.6 Å². The van der Waals surface area contributed by atoms with E-state index in [9.17, 15) is 9.18 Å². The lowest BCUT2D eigenvalue weighted by Gasteiger charge is -2.06. The number of benzene rings is 2. The maximum absolute atomic E-state index is 13.3. The second kappa shape index (κ2) is 6.44. The number of amides is 1. The number of nitrogens with one attached hydrogen (secondary N) is 1. The highest BCUT2D eigenvalue weighted by Gasteiger charge is 2.03. The molecule has 0 bridgehead atoms. The molecule has 1 heterocycles. The lowest BCUT2D eigenvalue weighted by Crippen LogP contribution is -2.12. The molecular weight excluding hydrogens is 293 g/mol. The average Bonchev–Trinajstić information content (AvgIpc) is 2.89. The standard InChI is InChI=1S/C18H16FN3O/c1-13(23)21-20-11-14-5-6-18-16(9-14)7-8-22(18)12-15-3-2-4-17(19)10-15/h2-11H,12H2,1H3,(H,21,23)/b20-11+. The Morgan fingerprint density at radius 2 is 2.13 bits per heavy atom. The van der Waals surface area contributed by atoms with Gasteiger partial charge < -0.3 is 4.57 Å². The molecule has 3 aromatic rings. The molecule has 1 aromatic heterocycles. The van der Waals surface area contributed by atoms with E-state index in [-0.39, 0.29) is 11.7 Å². The van der Waals surface area contributed by atoms with Crippen molar-refractivity contribution < 1.29 is 9.18 Å². The van der Waals surface area contributed by atoms with Crippen molar-refractivity contribution >= 4 is 23.0 Å². The summed E-state index contributed by atoms with van der Waals surface area (Å²) in [7, 11) is 0. The van der Waals surface area contributed by atoms with Gasteiger partial charge in [-0.25, -0.2) is 9.82 Å². The van der Waals surface area contributed by atoms with Crippen molar-refractivity contribution in [2.75, 3.05) is 0 Å². The second-order valence-electron chi connectivity index (χ2n) is 5.32. The molecule has 23 heavy (non-hydrogen) atoms. The molecule has 116 valence electrons. The number of rotatable bonds is 4. The van der Waals surface area contributed by atoms with E-state index in [4.69, 9.17) is 0 Å². The smallest absolute Gasteiger partial charge is 0.236 e. The minimum absolute atomic E-state index is 0.205. The summed E-state index contributed by atoms with van der Waals surface area (Å²) in [6.45, 7) is 2.02. The minimum atomic E-state index is -0.226. The van der Waals surface area contributed by atoms with Gasteiger partial charge in [0.1, 0.15) is 5.82 Å². The summed E-state index contributed by atoms with van der Waals surface area (Å²) in [6, 6.07) is 14.5. The molecule has 0 unspecified atom stereocenters. The van der Waals surface area contributed by atoms with Crippen LogP contribution in [0.2, 0.25) is 0 Å². The molecular formula is C18H16FN3O. The summed E-state index contributed by atoms with van der Waals surface area (Å²) in [5.41, 5.74) is 5.25. The first-order valence-electron chi connectivity index (χ1n) is 7.25. The molecule has 2 aromatic carbocycles. The van der Waals surface area contributed by atoms with Gasteiger partial charge in [0.25, 0.3) is 0 Å². The van der Waals surface area contributed by atoms with Crippen LogP contribution in [0.3, 0.4) is 0 Å². The first-order valence-corrected chi connectivity index (χ1v) is 7.25. The van der Waals surface area contributed by atoms with E-state index in [2.05, 4.69) is 15.1 Å². The quantitative estimate of drug-likeness (QED) is 0.583.